The number of allylic oxidation sites excluding steroid dienone is 5. The van der Waals surface area contributed by atoms with Gasteiger partial charge in [0.1, 0.15) is 11.4 Å². The number of benzene rings is 2. The molecule has 0 radical (unpaired) electrons. The summed E-state index contributed by atoms with van der Waals surface area (Å²) in [5.41, 5.74) is 5.36. The highest BCUT2D eigenvalue weighted by atomic mass is 32.2. The Morgan fingerprint density at radius 1 is 1.08 bits per heavy atom. The number of esters is 1. The van der Waals surface area contributed by atoms with Crippen LogP contribution in [0.5, 0.6) is 0 Å². The van der Waals surface area contributed by atoms with Crippen LogP contribution in [0.25, 0.3) is 5.57 Å². The Morgan fingerprint density at radius 3 is 2.45 bits per heavy atom. The molecule has 12 nitrogen and oxygen atoms in total. The standard InChI is InChI=1S/C37H45N3O9S2/c1-7-49-35(41)11-9-17-40-33-21-30(37(5,6)42)31(20-29(33)24(2)22-36(40,3)4)38-27-13-15-32-25(18-27)10-8-16-39(32)23-26-12-14-28(50(43,44)45)19-34(26)51(46,47)48/h12-15,18-22,42H,7-11,16-17,23H2,1-6H3,(H-,43,44,45,46,47,48)/p+1. The molecule has 0 fully saturated rings. The average Bonchev–Trinajstić information content (AvgIpc) is 3.01. The summed E-state index contributed by atoms with van der Waals surface area (Å²) < 4.78 is 74.1. The van der Waals surface area contributed by atoms with E-state index in [9.17, 15) is 35.8 Å². The van der Waals surface area contributed by atoms with Crippen LogP contribution in [0.2, 0.25) is 0 Å². The van der Waals surface area contributed by atoms with Crippen LogP contribution < -0.4 is 4.90 Å². The molecule has 0 spiro atoms. The molecule has 0 saturated heterocycles. The molecule has 1 aliphatic carbocycles. The van der Waals surface area contributed by atoms with Crippen molar-refractivity contribution in [2.45, 2.75) is 94.7 Å². The van der Waals surface area contributed by atoms with Gasteiger partial charge in [0.15, 0.2) is 6.54 Å². The van der Waals surface area contributed by atoms with Crippen molar-refractivity contribution >= 4 is 54.6 Å². The number of aliphatic hydroxyl groups is 1. The van der Waals surface area contributed by atoms with E-state index in [0.29, 0.717) is 49.5 Å². The summed E-state index contributed by atoms with van der Waals surface area (Å²) in [7, 11) is -9.48. The molecule has 0 aromatic heterocycles. The maximum Gasteiger partial charge on any atom is 0.305 e. The number of anilines is 1. The fourth-order valence-electron chi connectivity index (χ4n) is 7.02. The molecule has 51 heavy (non-hydrogen) atoms. The molecular weight excluding hydrogens is 695 g/mol. The first kappa shape index (κ1) is 38.3. The molecule has 3 N–H and O–H groups in total. The number of hydrogen-bond acceptors (Lipinski definition) is 9. The summed E-state index contributed by atoms with van der Waals surface area (Å²) in [6.45, 7) is 13.2. The predicted octanol–water partition coefficient (Wildman–Crippen LogP) is 5.77. The second-order valence-corrected chi connectivity index (χ2v) is 17.0. The summed E-state index contributed by atoms with van der Waals surface area (Å²) in [5, 5.41) is 11.4. The number of aliphatic imine (C=N–C) groups is 1. The molecule has 5 rings (SSSR count). The molecule has 274 valence electrons. The van der Waals surface area contributed by atoms with Crippen LogP contribution in [0, 0.1) is 0 Å². The highest BCUT2D eigenvalue weighted by molar-refractivity contribution is 7.86. The maximum absolute atomic E-state index is 12.2. The number of carbonyl (C=O) groups excluding carboxylic acids is 1. The van der Waals surface area contributed by atoms with Gasteiger partial charge < -0.3 is 14.7 Å². The Hall–Kier alpha value is -3.95. The topological polar surface area (TPSA) is 174 Å². The number of nitrogens with zero attached hydrogens (tertiary/aromatic N) is 3. The van der Waals surface area contributed by atoms with Crippen molar-refractivity contribution < 1.29 is 45.2 Å². The van der Waals surface area contributed by atoms with Crippen molar-refractivity contribution in [3.63, 3.8) is 0 Å². The first-order valence-corrected chi connectivity index (χ1v) is 19.8. The van der Waals surface area contributed by atoms with Gasteiger partial charge in [-0.3, -0.25) is 13.9 Å². The minimum Gasteiger partial charge on any atom is -0.466 e. The van der Waals surface area contributed by atoms with Crippen molar-refractivity contribution in [2.24, 2.45) is 4.99 Å². The molecule has 3 aliphatic rings. The van der Waals surface area contributed by atoms with Gasteiger partial charge in [-0.05, 0) is 102 Å². The van der Waals surface area contributed by atoms with Crippen molar-refractivity contribution in [2.75, 3.05) is 24.6 Å². The molecular formula is C37H46N3O9S2+. The Balaban J connectivity index is 1.51. The molecule has 0 atom stereocenters. The number of hydrogen-bond donors (Lipinski definition) is 3. The lowest BCUT2D eigenvalue weighted by atomic mass is 9.85. The van der Waals surface area contributed by atoms with E-state index in [1.165, 1.54) is 6.07 Å². The van der Waals surface area contributed by atoms with E-state index >= 15 is 0 Å². The van der Waals surface area contributed by atoms with Crippen LogP contribution in [0.1, 0.15) is 83.9 Å². The normalized spacial score (nSPS) is 18.3. The zero-order valence-corrected chi connectivity index (χ0v) is 31.4. The SMILES string of the molecule is CCOC(=O)CCCN1c2cc(C(C)(C)O)c(N=C3C=CC4=[N+](Cc5ccc(S(=O)(=O)O)cc5S(=O)(=O)O)CCCC4=C3)cc2C(C)=CC1(C)C. The largest absolute Gasteiger partial charge is 0.466 e. The quantitative estimate of drug-likeness (QED) is 0.111. The second-order valence-electron chi connectivity index (χ2n) is 14.2. The minimum atomic E-state index is -4.80. The van der Waals surface area contributed by atoms with E-state index < -0.39 is 35.6 Å². The van der Waals surface area contributed by atoms with E-state index in [4.69, 9.17) is 9.73 Å². The van der Waals surface area contributed by atoms with Gasteiger partial charge in [-0.15, -0.1) is 0 Å². The van der Waals surface area contributed by atoms with Crippen LogP contribution in [-0.4, -0.2) is 78.3 Å². The van der Waals surface area contributed by atoms with Gasteiger partial charge in [-0.2, -0.15) is 16.8 Å². The van der Waals surface area contributed by atoms with Crippen LogP contribution in [0.4, 0.5) is 11.4 Å². The Bertz CT molecular complexity index is 2140. The highest BCUT2D eigenvalue weighted by Gasteiger charge is 2.34. The van der Waals surface area contributed by atoms with E-state index in [1.54, 1.807) is 20.8 Å². The molecule has 2 heterocycles. The first-order valence-electron chi connectivity index (χ1n) is 16.9. The summed E-state index contributed by atoms with van der Waals surface area (Å²) in [4.78, 5) is 18.1. The van der Waals surface area contributed by atoms with Crippen LogP contribution in [0.3, 0.4) is 0 Å². The van der Waals surface area contributed by atoms with Gasteiger partial charge >= 0.3 is 5.97 Å². The third-order valence-corrected chi connectivity index (χ3v) is 11.1. The van der Waals surface area contributed by atoms with Gasteiger partial charge in [-0.1, -0.05) is 6.08 Å². The van der Waals surface area contributed by atoms with Gasteiger partial charge in [0.25, 0.3) is 20.2 Å². The zero-order valence-electron chi connectivity index (χ0n) is 29.8. The second kappa shape index (κ2) is 14.2. The van der Waals surface area contributed by atoms with Gasteiger partial charge in [0.2, 0.25) is 5.71 Å². The third kappa shape index (κ3) is 8.58. The summed E-state index contributed by atoms with van der Waals surface area (Å²) in [6.07, 6.45) is 10.3. The fourth-order valence-corrected chi connectivity index (χ4v) is 8.34. The number of carbonyl (C=O) groups is 1. The lowest BCUT2D eigenvalue weighted by Crippen LogP contribution is -2.46. The molecule has 2 aromatic rings. The van der Waals surface area contributed by atoms with Gasteiger partial charge in [0.05, 0.1) is 34.0 Å². The molecule has 14 heteroatoms. The molecule has 2 aliphatic heterocycles. The van der Waals surface area contributed by atoms with Crippen molar-refractivity contribution in [1.82, 2.24) is 0 Å². The smallest absolute Gasteiger partial charge is 0.305 e. The summed E-state index contributed by atoms with van der Waals surface area (Å²) in [5.74, 6) is -0.226. The van der Waals surface area contributed by atoms with Crippen molar-refractivity contribution in [3.8, 4) is 0 Å². The molecule has 0 unspecified atom stereocenters. The maximum atomic E-state index is 12.2. The number of fused-ring (bicyclic) bond motifs is 2. The lowest BCUT2D eigenvalue weighted by molar-refractivity contribution is -0.546. The predicted molar refractivity (Wildman–Crippen MR) is 196 cm³/mol. The highest BCUT2D eigenvalue weighted by Crippen LogP contribution is 2.45. The van der Waals surface area contributed by atoms with E-state index in [-0.39, 0.29) is 23.6 Å². The van der Waals surface area contributed by atoms with E-state index in [0.717, 1.165) is 53.1 Å². The number of ether oxygens (including phenoxy) is 1. The number of rotatable bonds is 11. The van der Waals surface area contributed by atoms with E-state index in [2.05, 4.69) is 31.7 Å². The van der Waals surface area contributed by atoms with Crippen LogP contribution in [0.15, 0.2) is 75.0 Å². The lowest BCUT2D eigenvalue weighted by Gasteiger charge is -2.44. The van der Waals surface area contributed by atoms with Gasteiger partial charge in [-0.25, -0.2) is 9.57 Å². The third-order valence-electron chi connectivity index (χ3n) is 9.33. The average molecular weight is 741 g/mol. The van der Waals surface area contributed by atoms with Crippen molar-refractivity contribution in [3.05, 3.63) is 76.9 Å². The first-order chi connectivity index (χ1) is 23.7. The van der Waals surface area contributed by atoms with E-state index in [1.807, 2.05) is 34.9 Å². The molecule has 0 bridgehead atoms. The summed E-state index contributed by atoms with van der Waals surface area (Å²) in [6, 6.07) is 7.13. The summed E-state index contributed by atoms with van der Waals surface area (Å²) >= 11 is 0. The van der Waals surface area contributed by atoms with Crippen LogP contribution >= 0.6 is 0 Å². The molecule has 2 aromatic carbocycles. The zero-order chi connectivity index (χ0) is 37.5. The monoisotopic (exact) mass is 740 g/mol. The fraction of sp³-hybridized carbons (Fsp3) is 0.432. The van der Waals surface area contributed by atoms with Crippen molar-refractivity contribution in [1.29, 1.82) is 0 Å². The van der Waals surface area contributed by atoms with Crippen LogP contribution in [-0.2, 0) is 41.9 Å². The molecule has 0 amide bonds. The Morgan fingerprint density at radius 2 is 1.80 bits per heavy atom. The van der Waals surface area contributed by atoms with Gasteiger partial charge in [0, 0.05) is 53.4 Å². The Labute approximate surface area is 300 Å². The molecule has 0 saturated carbocycles. The minimum absolute atomic E-state index is 0.0658. The Kier molecular flexibility index (Phi) is 10.7.